The molecule has 1 fully saturated rings. The summed E-state index contributed by atoms with van der Waals surface area (Å²) in [5.74, 6) is -0.136. The van der Waals surface area contributed by atoms with E-state index in [1.54, 1.807) is 12.1 Å². The maximum Gasteiger partial charge on any atom is 0.261 e. The lowest BCUT2D eigenvalue weighted by Gasteiger charge is -2.11. The fourth-order valence-corrected chi connectivity index (χ4v) is 2.84. The highest BCUT2D eigenvalue weighted by Gasteiger charge is 2.27. The average Bonchev–Trinajstić information content (AvgIpc) is 2.82. The lowest BCUT2D eigenvalue weighted by molar-refractivity contribution is -0.131. The van der Waals surface area contributed by atoms with Crippen LogP contribution < -0.4 is 5.32 Å². The molecule has 1 N–H and O–H groups in total. The van der Waals surface area contributed by atoms with E-state index in [0.717, 1.165) is 18.4 Å². The van der Waals surface area contributed by atoms with Crippen molar-refractivity contribution < 1.29 is 17.9 Å². The van der Waals surface area contributed by atoms with Gasteiger partial charge < -0.3 is 10.1 Å². The second-order valence-corrected chi connectivity index (χ2v) is 7.38. The standard InChI is InChI=1S/C13H16ClNO4S/c1-9-2-7-12(19-9)13(16)15-8-10-3-5-11(6-4-10)20(14,17)18/h3-6,9,12H,2,7-8H2,1H3,(H,15,16). The number of halogens is 1. The molecule has 0 spiro atoms. The molecule has 2 rings (SSSR count). The van der Waals surface area contributed by atoms with E-state index >= 15 is 0 Å². The molecule has 1 amide bonds. The zero-order chi connectivity index (χ0) is 14.8. The van der Waals surface area contributed by atoms with Gasteiger partial charge in [0, 0.05) is 17.2 Å². The molecule has 110 valence electrons. The van der Waals surface area contributed by atoms with Crippen LogP contribution in [0.1, 0.15) is 25.3 Å². The van der Waals surface area contributed by atoms with Gasteiger partial charge in [-0.25, -0.2) is 8.42 Å². The highest BCUT2D eigenvalue weighted by atomic mass is 35.7. The molecule has 2 unspecified atom stereocenters. The van der Waals surface area contributed by atoms with E-state index in [-0.39, 0.29) is 23.0 Å². The Hall–Kier alpha value is -1.11. The Bertz CT molecular complexity index is 585. The third-order valence-corrected chi connectivity index (χ3v) is 4.57. The summed E-state index contributed by atoms with van der Waals surface area (Å²) in [6, 6.07) is 6.07. The Labute approximate surface area is 122 Å². The van der Waals surface area contributed by atoms with Gasteiger partial charge in [-0.2, -0.15) is 0 Å². The molecule has 5 nitrogen and oxygen atoms in total. The van der Waals surface area contributed by atoms with E-state index in [9.17, 15) is 13.2 Å². The van der Waals surface area contributed by atoms with Crippen LogP contribution in [-0.4, -0.2) is 26.5 Å². The summed E-state index contributed by atoms with van der Waals surface area (Å²) >= 11 is 0. The molecule has 1 aromatic rings. The molecule has 1 aliphatic rings. The van der Waals surface area contributed by atoms with Crippen LogP contribution in [0.4, 0.5) is 0 Å². The van der Waals surface area contributed by atoms with Crippen molar-refractivity contribution in [3.05, 3.63) is 29.8 Å². The molecule has 0 bridgehead atoms. The van der Waals surface area contributed by atoms with E-state index in [4.69, 9.17) is 15.4 Å². The van der Waals surface area contributed by atoms with E-state index in [1.807, 2.05) is 6.92 Å². The summed E-state index contributed by atoms with van der Waals surface area (Å²) in [4.78, 5) is 11.9. The van der Waals surface area contributed by atoms with Gasteiger partial charge in [-0.15, -0.1) is 0 Å². The molecule has 20 heavy (non-hydrogen) atoms. The lowest BCUT2D eigenvalue weighted by atomic mass is 10.2. The molecular weight excluding hydrogens is 302 g/mol. The van der Waals surface area contributed by atoms with Crippen LogP contribution in [-0.2, 0) is 25.1 Å². The molecular formula is C13H16ClNO4S. The second-order valence-electron chi connectivity index (χ2n) is 4.81. The van der Waals surface area contributed by atoms with Gasteiger partial charge in [-0.1, -0.05) is 12.1 Å². The summed E-state index contributed by atoms with van der Waals surface area (Å²) in [5, 5.41) is 2.77. The van der Waals surface area contributed by atoms with E-state index < -0.39 is 9.05 Å². The van der Waals surface area contributed by atoms with Gasteiger partial charge in [-0.05, 0) is 37.5 Å². The molecule has 2 atom stereocenters. The van der Waals surface area contributed by atoms with Gasteiger partial charge in [0.25, 0.3) is 9.05 Å². The largest absolute Gasteiger partial charge is 0.365 e. The van der Waals surface area contributed by atoms with E-state index in [2.05, 4.69) is 5.32 Å². The summed E-state index contributed by atoms with van der Waals surface area (Å²) in [5.41, 5.74) is 0.800. The predicted octanol–water partition coefficient (Wildman–Crippen LogP) is 1.80. The topological polar surface area (TPSA) is 72.5 Å². The first-order valence-electron chi connectivity index (χ1n) is 6.33. The zero-order valence-electron chi connectivity index (χ0n) is 11.0. The second kappa shape index (κ2) is 6.11. The molecule has 1 heterocycles. The smallest absolute Gasteiger partial charge is 0.261 e. The van der Waals surface area contributed by atoms with Crippen molar-refractivity contribution in [1.29, 1.82) is 0 Å². The highest BCUT2D eigenvalue weighted by Crippen LogP contribution is 2.19. The number of amides is 1. The third-order valence-electron chi connectivity index (χ3n) is 3.20. The van der Waals surface area contributed by atoms with Gasteiger partial charge in [-0.3, -0.25) is 4.79 Å². The van der Waals surface area contributed by atoms with Crippen LogP contribution in [0.15, 0.2) is 29.2 Å². The summed E-state index contributed by atoms with van der Waals surface area (Å²) in [7, 11) is 1.52. The Morgan fingerprint density at radius 3 is 2.50 bits per heavy atom. The van der Waals surface area contributed by atoms with Gasteiger partial charge >= 0.3 is 0 Å². The number of carbonyl (C=O) groups excluding carboxylic acids is 1. The number of hydrogen-bond donors (Lipinski definition) is 1. The average molecular weight is 318 g/mol. The van der Waals surface area contributed by atoms with Crippen molar-refractivity contribution >= 4 is 25.6 Å². The van der Waals surface area contributed by atoms with Crippen LogP contribution in [0, 0.1) is 0 Å². The summed E-state index contributed by atoms with van der Waals surface area (Å²) in [6.07, 6.45) is 1.36. The van der Waals surface area contributed by atoms with Gasteiger partial charge in [0.2, 0.25) is 5.91 Å². The summed E-state index contributed by atoms with van der Waals surface area (Å²) in [6.45, 7) is 2.27. The fraction of sp³-hybridized carbons (Fsp3) is 0.462. The number of hydrogen-bond acceptors (Lipinski definition) is 4. The van der Waals surface area contributed by atoms with Crippen LogP contribution >= 0.6 is 10.7 Å². The molecule has 1 saturated heterocycles. The van der Waals surface area contributed by atoms with Crippen LogP contribution in [0.3, 0.4) is 0 Å². The Kier molecular flexibility index (Phi) is 4.67. The number of ether oxygens (including phenoxy) is 1. The van der Waals surface area contributed by atoms with E-state index in [0.29, 0.717) is 6.54 Å². The van der Waals surface area contributed by atoms with Crippen molar-refractivity contribution in [2.45, 2.75) is 43.4 Å². The minimum absolute atomic E-state index is 0.0437. The van der Waals surface area contributed by atoms with Crippen LogP contribution in [0.5, 0.6) is 0 Å². The number of benzene rings is 1. The third kappa shape index (κ3) is 3.94. The maximum atomic E-state index is 11.8. The molecule has 0 saturated carbocycles. The minimum atomic E-state index is -3.71. The molecule has 1 aliphatic heterocycles. The minimum Gasteiger partial charge on any atom is -0.365 e. The quantitative estimate of drug-likeness (QED) is 0.859. The van der Waals surface area contributed by atoms with Gasteiger partial charge in [0.15, 0.2) is 0 Å². The van der Waals surface area contributed by atoms with Crippen molar-refractivity contribution in [2.24, 2.45) is 0 Å². The fourth-order valence-electron chi connectivity index (χ4n) is 2.07. The first-order chi connectivity index (χ1) is 9.36. The first-order valence-corrected chi connectivity index (χ1v) is 8.64. The Morgan fingerprint density at radius 1 is 1.35 bits per heavy atom. The van der Waals surface area contributed by atoms with Crippen molar-refractivity contribution in [1.82, 2.24) is 5.32 Å². The monoisotopic (exact) mass is 317 g/mol. The molecule has 0 aromatic heterocycles. The number of nitrogens with one attached hydrogen (secondary N) is 1. The van der Waals surface area contributed by atoms with E-state index in [1.165, 1.54) is 12.1 Å². The molecule has 7 heteroatoms. The van der Waals surface area contributed by atoms with Gasteiger partial charge in [0.05, 0.1) is 11.0 Å². The lowest BCUT2D eigenvalue weighted by Crippen LogP contribution is -2.34. The number of rotatable bonds is 4. The Morgan fingerprint density at radius 2 is 2.00 bits per heavy atom. The van der Waals surface area contributed by atoms with Gasteiger partial charge in [0.1, 0.15) is 6.10 Å². The SMILES string of the molecule is CC1CCC(C(=O)NCc2ccc(S(=O)(=O)Cl)cc2)O1. The summed E-state index contributed by atoms with van der Waals surface area (Å²) < 4.78 is 27.7. The maximum absolute atomic E-state index is 11.8. The van der Waals surface area contributed by atoms with Crippen molar-refractivity contribution in [2.75, 3.05) is 0 Å². The first kappa shape index (κ1) is 15.3. The molecule has 0 radical (unpaired) electrons. The van der Waals surface area contributed by atoms with Crippen molar-refractivity contribution in [3.63, 3.8) is 0 Å². The molecule has 0 aliphatic carbocycles. The van der Waals surface area contributed by atoms with Crippen LogP contribution in [0.25, 0.3) is 0 Å². The predicted molar refractivity (Wildman–Crippen MR) is 74.9 cm³/mol. The number of carbonyl (C=O) groups is 1. The normalized spacial score (nSPS) is 22.7. The molecule has 1 aromatic carbocycles. The highest BCUT2D eigenvalue weighted by molar-refractivity contribution is 8.13. The van der Waals surface area contributed by atoms with Crippen LogP contribution in [0.2, 0.25) is 0 Å². The zero-order valence-corrected chi connectivity index (χ0v) is 12.6. The van der Waals surface area contributed by atoms with Crippen molar-refractivity contribution in [3.8, 4) is 0 Å². The Balaban J connectivity index is 1.90.